The van der Waals surface area contributed by atoms with Gasteiger partial charge in [0.25, 0.3) is 0 Å². The Balaban J connectivity index is 2.05. The largest absolute Gasteiger partial charge is 0.379 e. The van der Waals surface area contributed by atoms with Gasteiger partial charge >= 0.3 is 0 Å². The number of benzene rings is 1. The van der Waals surface area contributed by atoms with Gasteiger partial charge < -0.3 is 10.6 Å². The summed E-state index contributed by atoms with van der Waals surface area (Å²) in [7, 11) is 0. The van der Waals surface area contributed by atoms with Gasteiger partial charge in [0, 0.05) is 11.8 Å². The van der Waals surface area contributed by atoms with Crippen LogP contribution in [0.1, 0.15) is 11.8 Å². The smallest absolute Gasteiger partial charge is 0.221 e. The molecule has 0 radical (unpaired) electrons. The predicted octanol–water partition coefficient (Wildman–Crippen LogP) is 3.97. The minimum absolute atomic E-state index is 0.0626. The fourth-order valence-corrected chi connectivity index (χ4v) is 2.53. The van der Waals surface area contributed by atoms with Crippen molar-refractivity contribution in [2.45, 2.75) is 13.5 Å². The molecule has 1 aromatic carbocycles. The molecule has 18 heavy (non-hydrogen) atoms. The lowest BCUT2D eigenvalue weighted by molar-refractivity contribution is -0.114. The lowest BCUT2D eigenvalue weighted by Crippen LogP contribution is -2.08. The lowest BCUT2D eigenvalue weighted by Gasteiger charge is -2.08. The van der Waals surface area contributed by atoms with E-state index in [1.54, 1.807) is 11.3 Å². The van der Waals surface area contributed by atoms with Crippen LogP contribution in [0.15, 0.2) is 35.7 Å². The normalized spacial score (nSPS) is 10.1. The van der Waals surface area contributed by atoms with E-state index in [0.29, 0.717) is 11.6 Å². The number of rotatable bonds is 4. The number of thiophene rings is 1. The molecule has 0 spiro atoms. The molecule has 1 amide bonds. The van der Waals surface area contributed by atoms with E-state index in [1.807, 2.05) is 35.7 Å². The number of amides is 1. The molecule has 0 bridgehead atoms. The van der Waals surface area contributed by atoms with Crippen molar-refractivity contribution in [1.82, 2.24) is 0 Å². The summed E-state index contributed by atoms with van der Waals surface area (Å²) in [6.45, 7) is 2.14. The summed E-state index contributed by atoms with van der Waals surface area (Å²) in [4.78, 5) is 12.1. The third kappa shape index (κ3) is 3.24. The van der Waals surface area contributed by atoms with Gasteiger partial charge in [-0.15, -0.1) is 11.3 Å². The number of carbonyl (C=O) groups excluding carboxylic acids is 1. The summed E-state index contributed by atoms with van der Waals surface area (Å²) < 4.78 is 0. The summed E-state index contributed by atoms with van der Waals surface area (Å²) in [6, 6.07) is 9.48. The topological polar surface area (TPSA) is 41.1 Å². The summed E-state index contributed by atoms with van der Waals surface area (Å²) in [5, 5.41) is 8.70. The molecule has 0 saturated heterocycles. The van der Waals surface area contributed by atoms with E-state index in [9.17, 15) is 4.79 Å². The van der Waals surface area contributed by atoms with Crippen LogP contribution in [-0.4, -0.2) is 5.91 Å². The van der Waals surface area contributed by atoms with Gasteiger partial charge in [0.2, 0.25) is 5.91 Å². The highest BCUT2D eigenvalue weighted by molar-refractivity contribution is 7.10. The Labute approximate surface area is 115 Å². The van der Waals surface area contributed by atoms with Crippen LogP contribution in [0.5, 0.6) is 0 Å². The van der Waals surface area contributed by atoms with Gasteiger partial charge in [0.1, 0.15) is 0 Å². The molecule has 0 atom stereocenters. The zero-order chi connectivity index (χ0) is 13.0. The number of carbonyl (C=O) groups is 1. The van der Waals surface area contributed by atoms with Crippen LogP contribution >= 0.6 is 22.9 Å². The van der Waals surface area contributed by atoms with Crippen LogP contribution in [0, 0.1) is 0 Å². The van der Waals surface area contributed by atoms with E-state index in [0.717, 1.165) is 16.3 Å². The molecule has 5 heteroatoms. The highest BCUT2D eigenvalue weighted by atomic mass is 35.5. The Hall–Kier alpha value is -1.52. The molecule has 0 aliphatic rings. The average molecular weight is 281 g/mol. The Morgan fingerprint density at radius 3 is 2.78 bits per heavy atom. The number of hydrogen-bond acceptors (Lipinski definition) is 3. The molecule has 0 saturated carbocycles. The van der Waals surface area contributed by atoms with Crippen molar-refractivity contribution >= 4 is 40.2 Å². The van der Waals surface area contributed by atoms with Crippen LogP contribution in [0.3, 0.4) is 0 Å². The molecule has 0 fully saturated rings. The van der Waals surface area contributed by atoms with Crippen molar-refractivity contribution in [2.24, 2.45) is 0 Å². The number of hydrogen-bond donors (Lipinski definition) is 2. The van der Waals surface area contributed by atoms with Gasteiger partial charge in [-0.1, -0.05) is 23.7 Å². The fraction of sp³-hybridized carbons (Fsp3) is 0.154. The van der Waals surface area contributed by atoms with Crippen molar-refractivity contribution in [3.8, 4) is 0 Å². The van der Waals surface area contributed by atoms with E-state index in [-0.39, 0.29) is 5.91 Å². The van der Waals surface area contributed by atoms with Crippen molar-refractivity contribution in [3.63, 3.8) is 0 Å². The molecular weight excluding hydrogens is 268 g/mol. The maximum atomic E-state index is 11.0. The fourth-order valence-electron chi connectivity index (χ4n) is 1.56. The maximum Gasteiger partial charge on any atom is 0.221 e. The summed E-state index contributed by atoms with van der Waals surface area (Å²) in [5.41, 5.74) is 1.74. The highest BCUT2D eigenvalue weighted by Gasteiger charge is 2.06. The summed E-state index contributed by atoms with van der Waals surface area (Å²) in [6.07, 6.45) is 0. The first-order valence-corrected chi connectivity index (χ1v) is 6.75. The maximum absolute atomic E-state index is 11.0. The second kappa shape index (κ2) is 5.89. The standard InChI is InChI=1S/C13H13ClN2OS/c1-9(17)16-12-6-7-18-13(12)8-15-11-5-3-2-4-10(11)14/h2-7,15H,8H2,1H3,(H,16,17). The minimum atomic E-state index is -0.0626. The van der Waals surface area contributed by atoms with Gasteiger partial charge in [-0.3, -0.25) is 4.79 Å². The first kappa shape index (κ1) is 12.9. The first-order valence-electron chi connectivity index (χ1n) is 5.49. The number of anilines is 2. The van der Waals surface area contributed by atoms with Gasteiger partial charge in [-0.25, -0.2) is 0 Å². The van der Waals surface area contributed by atoms with Crippen molar-refractivity contribution in [3.05, 3.63) is 45.6 Å². The summed E-state index contributed by atoms with van der Waals surface area (Å²) >= 11 is 7.66. The van der Waals surface area contributed by atoms with E-state index >= 15 is 0 Å². The Morgan fingerprint density at radius 1 is 1.28 bits per heavy atom. The van der Waals surface area contributed by atoms with E-state index in [4.69, 9.17) is 11.6 Å². The first-order chi connectivity index (χ1) is 8.66. The molecule has 1 heterocycles. The molecule has 2 N–H and O–H groups in total. The van der Waals surface area contributed by atoms with Crippen LogP contribution in [-0.2, 0) is 11.3 Å². The van der Waals surface area contributed by atoms with Gasteiger partial charge in [-0.05, 0) is 23.6 Å². The number of nitrogens with one attached hydrogen (secondary N) is 2. The number of halogens is 1. The molecule has 3 nitrogen and oxygen atoms in total. The molecule has 0 aliphatic carbocycles. The Morgan fingerprint density at radius 2 is 2.06 bits per heavy atom. The van der Waals surface area contributed by atoms with Gasteiger partial charge in [-0.2, -0.15) is 0 Å². The monoisotopic (exact) mass is 280 g/mol. The molecule has 0 unspecified atom stereocenters. The Kier molecular flexibility index (Phi) is 4.23. The number of para-hydroxylation sites is 1. The van der Waals surface area contributed by atoms with Crippen LogP contribution in [0.2, 0.25) is 5.02 Å². The van der Waals surface area contributed by atoms with Crippen molar-refractivity contribution in [2.75, 3.05) is 10.6 Å². The van der Waals surface area contributed by atoms with Gasteiger partial charge in [0.05, 0.1) is 22.9 Å². The van der Waals surface area contributed by atoms with E-state index < -0.39 is 0 Å². The Bertz CT molecular complexity index is 553. The lowest BCUT2D eigenvalue weighted by atomic mass is 10.3. The summed E-state index contributed by atoms with van der Waals surface area (Å²) in [5.74, 6) is -0.0626. The van der Waals surface area contributed by atoms with Crippen molar-refractivity contribution < 1.29 is 4.79 Å². The molecule has 2 aromatic rings. The second-order valence-electron chi connectivity index (χ2n) is 3.77. The molecule has 0 aliphatic heterocycles. The average Bonchev–Trinajstić information content (AvgIpc) is 2.75. The van der Waals surface area contributed by atoms with Crippen molar-refractivity contribution in [1.29, 1.82) is 0 Å². The third-order valence-electron chi connectivity index (χ3n) is 2.37. The van der Waals surface area contributed by atoms with Crippen LogP contribution in [0.25, 0.3) is 0 Å². The third-order valence-corrected chi connectivity index (χ3v) is 3.62. The molecule has 1 aromatic heterocycles. The zero-order valence-electron chi connectivity index (χ0n) is 9.87. The molecule has 94 valence electrons. The second-order valence-corrected chi connectivity index (χ2v) is 5.18. The van der Waals surface area contributed by atoms with Crippen LogP contribution < -0.4 is 10.6 Å². The predicted molar refractivity (Wildman–Crippen MR) is 77.4 cm³/mol. The minimum Gasteiger partial charge on any atom is -0.379 e. The molecule has 2 rings (SSSR count). The van der Waals surface area contributed by atoms with E-state index in [2.05, 4.69) is 10.6 Å². The SMILES string of the molecule is CC(=O)Nc1ccsc1CNc1ccccc1Cl. The zero-order valence-corrected chi connectivity index (χ0v) is 11.4. The van der Waals surface area contributed by atoms with Gasteiger partial charge in [0.15, 0.2) is 0 Å². The quantitative estimate of drug-likeness (QED) is 0.890. The van der Waals surface area contributed by atoms with Crippen LogP contribution in [0.4, 0.5) is 11.4 Å². The van der Waals surface area contributed by atoms with E-state index in [1.165, 1.54) is 6.92 Å². The highest BCUT2D eigenvalue weighted by Crippen LogP contribution is 2.26. The molecular formula is C13H13ClN2OS.